The highest BCUT2D eigenvalue weighted by molar-refractivity contribution is 5.80. The second-order valence-electron chi connectivity index (χ2n) is 4.22. The van der Waals surface area contributed by atoms with E-state index in [4.69, 9.17) is 10.2 Å². The van der Waals surface area contributed by atoms with Gasteiger partial charge in [0.05, 0.1) is 0 Å². The fourth-order valence-electron chi connectivity index (χ4n) is 1.74. The molecule has 18 heavy (non-hydrogen) atoms. The molecule has 1 amide bonds. The van der Waals surface area contributed by atoms with Gasteiger partial charge in [0.25, 0.3) is 0 Å². The highest BCUT2D eigenvalue weighted by Crippen LogP contribution is 2.15. The summed E-state index contributed by atoms with van der Waals surface area (Å²) in [7, 11) is 0. The van der Waals surface area contributed by atoms with E-state index < -0.39 is 17.6 Å². The average molecular weight is 247 g/mol. The predicted octanol–water partition coefficient (Wildman–Crippen LogP) is 0.490. The Morgan fingerprint density at radius 1 is 1.44 bits per heavy atom. The molecule has 1 atom stereocenters. The Balaban J connectivity index is 2.48. The van der Waals surface area contributed by atoms with E-state index in [0.29, 0.717) is 5.58 Å². The summed E-state index contributed by atoms with van der Waals surface area (Å²) >= 11 is 0. The van der Waals surface area contributed by atoms with Gasteiger partial charge in [-0.15, -0.1) is 0 Å². The van der Waals surface area contributed by atoms with Crippen LogP contribution in [0.3, 0.4) is 0 Å². The van der Waals surface area contributed by atoms with Crippen LogP contribution in [0.15, 0.2) is 33.5 Å². The van der Waals surface area contributed by atoms with Crippen molar-refractivity contribution in [2.45, 2.75) is 19.4 Å². The first-order chi connectivity index (χ1) is 8.47. The van der Waals surface area contributed by atoms with Gasteiger partial charge in [-0.25, -0.2) is 4.79 Å². The zero-order valence-corrected chi connectivity index (χ0v) is 9.84. The first-order valence-electron chi connectivity index (χ1n) is 5.48. The monoisotopic (exact) mass is 247 g/mol. The molecule has 0 saturated carbocycles. The van der Waals surface area contributed by atoms with Gasteiger partial charge in [-0.2, -0.15) is 0 Å². The summed E-state index contributed by atoms with van der Waals surface area (Å²) in [6.07, 6.45) is -1.52. The molecule has 0 spiro atoms. The van der Waals surface area contributed by atoms with Crippen LogP contribution in [0.5, 0.6) is 0 Å². The number of benzene rings is 1. The molecule has 5 heteroatoms. The summed E-state index contributed by atoms with van der Waals surface area (Å²) in [6.45, 7) is 1.92. The van der Waals surface area contributed by atoms with Gasteiger partial charge in [-0.3, -0.25) is 4.79 Å². The zero-order valence-electron chi connectivity index (χ0n) is 9.84. The molecule has 0 fully saturated rings. The smallest absolute Gasteiger partial charge is 0.339 e. The predicted molar refractivity (Wildman–Crippen MR) is 66.1 cm³/mol. The lowest BCUT2D eigenvalue weighted by molar-refractivity contribution is -0.125. The fraction of sp³-hybridized carbons (Fsp3) is 0.231. The van der Waals surface area contributed by atoms with Crippen molar-refractivity contribution in [1.82, 2.24) is 0 Å². The number of rotatable bonds is 3. The molecule has 1 aromatic carbocycles. The van der Waals surface area contributed by atoms with E-state index in [2.05, 4.69) is 0 Å². The number of aliphatic hydroxyl groups excluding tert-OH is 1. The number of fused-ring (bicyclic) bond motifs is 1. The fourth-order valence-corrected chi connectivity index (χ4v) is 1.74. The first-order valence-corrected chi connectivity index (χ1v) is 5.48. The zero-order chi connectivity index (χ0) is 13.3. The highest BCUT2D eigenvalue weighted by Gasteiger charge is 2.15. The molecule has 0 aliphatic rings. The molecule has 3 N–H and O–H groups in total. The lowest BCUT2D eigenvalue weighted by Gasteiger charge is -2.06. The Morgan fingerprint density at radius 3 is 2.83 bits per heavy atom. The molecule has 0 bridgehead atoms. The first kappa shape index (κ1) is 12.3. The van der Waals surface area contributed by atoms with E-state index in [1.165, 1.54) is 0 Å². The maximum atomic E-state index is 11.6. The van der Waals surface area contributed by atoms with Crippen LogP contribution in [0, 0.1) is 6.92 Å². The van der Waals surface area contributed by atoms with Gasteiger partial charge < -0.3 is 15.3 Å². The van der Waals surface area contributed by atoms with Crippen LogP contribution < -0.4 is 11.4 Å². The van der Waals surface area contributed by atoms with Gasteiger partial charge in [-0.05, 0) is 25.1 Å². The minimum absolute atomic E-state index is 0.137. The van der Waals surface area contributed by atoms with Crippen LogP contribution in [0.1, 0.15) is 11.1 Å². The summed E-state index contributed by atoms with van der Waals surface area (Å²) < 4.78 is 5.11. The van der Waals surface area contributed by atoms with Crippen LogP contribution in [0.4, 0.5) is 0 Å². The molecule has 0 aliphatic carbocycles. The molecule has 1 aromatic heterocycles. The number of hydrogen-bond donors (Lipinski definition) is 2. The summed E-state index contributed by atoms with van der Waals surface area (Å²) in [4.78, 5) is 22.4. The van der Waals surface area contributed by atoms with E-state index >= 15 is 0 Å². The minimum Gasteiger partial charge on any atom is -0.423 e. The molecule has 5 nitrogen and oxygen atoms in total. The van der Waals surface area contributed by atoms with Gasteiger partial charge >= 0.3 is 5.63 Å². The number of carbonyl (C=O) groups excluding carboxylic acids is 1. The van der Waals surface area contributed by atoms with Crippen LogP contribution >= 0.6 is 0 Å². The lowest BCUT2D eigenvalue weighted by Crippen LogP contribution is -2.31. The second-order valence-corrected chi connectivity index (χ2v) is 4.22. The summed E-state index contributed by atoms with van der Waals surface area (Å²) in [5.41, 5.74) is 6.12. The molecule has 0 aliphatic heterocycles. The third-order valence-corrected chi connectivity index (χ3v) is 2.70. The summed E-state index contributed by atoms with van der Waals surface area (Å²) in [5, 5.41) is 10.1. The number of amides is 1. The molecular weight excluding hydrogens is 234 g/mol. The largest absolute Gasteiger partial charge is 0.423 e. The lowest BCUT2D eigenvalue weighted by atomic mass is 10.1. The molecule has 1 heterocycles. The Kier molecular flexibility index (Phi) is 3.16. The Morgan fingerprint density at radius 2 is 2.17 bits per heavy atom. The SMILES string of the molecule is Cc1ccc2oc(=O)c(CC(O)C(N)=O)cc2c1. The summed E-state index contributed by atoms with van der Waals surface area (Å²) in [5.74, 6) is -0.862. The number of primary amides is 1. The maximum Gasteiger partial charge on any atom is 0.339 e. The van der Waals surface area contributed by atoms with Crippen molar-refractivity contribution in [2.75, 3.05) is 0 Å². The van der Waals surface area contributed by atoms with Crippen LogP contribution in [0.2, 0.25) is 0 Å². The quantitative estimate of drug-likeness (QED) is 0.772. The minimum atomic E-state index is -1.38. The van der Waals surface area contributed by atoms with Gasteiger partial charge in [0.2, 0.25) is 5.91 Å². The van der Waals surface area contributed by atoms with Crippen molar-refractivity contribution in [3.63, 3.8) is 0 Å². The Hall–Kier alpha value is -2.14. The third-order valence-electron chi connectivity index (χ3n) is 2.70. The second kappa shape index (κ2) is 4.62. The van der Waals surface area contributed by atoms with Crippen LogP contribution in [-0.4, -0.2) is 17.1 Å². The molecule has 94 valence electrons. The van der Waals surface area contributed by atoms with E-state index in [9.17, 15) is 14.7 Å². The van der Waals surface area contributed by atoms with E-state index in [1.807, 2.05) is 19.1 Å². The highest BCUT2D eigenvalue weighted by atomic mass is 16.4. The van der Waals surface area contributed by atoms with E-state index in [1.54, 1.807) is 12.1 Å². The molecule has 0 radical (unpaired) electrons. The average Bonchev–Trinajstić information content (AvgIpc) is 2.30. The Labute approximate surface area is 103 Å². The molecular formula is C13H13NO4. The van der Waals surface area contributed by atoms with Crippen molar-refractivity contribution in [1.29, 1.82) is 0 Å². The van der Waals surface area contributed by atoms with Gasteiger partial charge in [0, 0.05) is 17.4 Å². The van der Waals surface area contributed by atoms with E-state index in [-0.39, 0.29) is 12.0 Å². The normalized spacial score (nSPS) is 12.6. The molecule has 1 unspecified atom stereocenters. The van der Waals surface area contributed by atoms with Crippen LogP contribution in [0.25, 0.3) is 11.0 Å². The molecule has 0 saturated heterocycles. The Bertz CT molecular complexity index is 660. The number of aryl methyl sites for hydroxylation is 1. The van der Waals surface area contributed by atoms with Gasteiger partial charge in [0.1, 0.15) is 11.7 Å². The third kappa shape index (κ3) is 2.41. The molecule has 2 aromatic rings. The number of carbonyl (C=O) groups is 1. The van der Waals surface area contributed by atoms with Crippen molar-refractivity contribution < 1.29 is 14.3 Å². The van der Waals surface area contributed by atoms with Crippen molar-refractivity contribution in [2.24, 2.45) is 5.73 Å². The number of hydrogen-bond acceptors (Lipinski definition) is 4. The van der Waals surface area contributed by atoms with Crippen LogP contribution in [-0.2, 0) is 11.2 Å². The van der Waals surface area contributed by atoms with Crippen molar-refractivity contribution >= 4 is 16.9 Å². The van der Waals surface area contributed by atoms with Gasteiger partial charge in [-0.1, -0.05) is 11.6 Å². The molecule has 2 rings (SSSR count). The topological polar surface area (TPSA) is 93.5 Å². The van der Waals surface area contributed by atoms with Crippen molar-refractivity contribution in [3.05, 3.63) is 45.8 Å². The maximum absolute atomic E-state index is 11.6. The van der Waals surface area contributed by atoms with E-state index in [0.717, 1.165) is 10.9 Å². The summed E-state index contributed by atoms with van der Waals surface area (Å²) in [6, 6.07) is 7.02. The van der Waals surface area contributed by atoms with Crippen molar-refractivity contribution in [3.8, 4) is 0 Å². The van der Waals surface area contributed by atoms with Gasteiger partial charge in [0.15, 0.2) is 0 Å². The number of nitrogens with two attached hydrogens (primary N) is 1. The number of aliphatic hydroxyl groups is 1. The standard InChI is InChI=1S/C13H13NO4/c1-7-2-3-11-8(4-7)5-9(13(17)18-11)6-10(15)12(14)16/h2-5,10,15H,6H2,1H3,(H2,14,16).